The number of hydrogen-bond donors (Lipinski definition) is 0. The minimum absolute atomic E-state index is 0.645. The minimum atomic E-state index is 0.645. The van der Waals surface area contributed by atoms with E-state index in [4.69, 9.17) is 24.4 Å². The second kappa shape index (κ2) is 12.1. The molecule has 0 aliphatic rings. The molecule has 6 aromatic carbocycles. The van der Waals surface area contributed by atoms with Crippen molar-refractivity contribution in [2.24, 2.45) is 0 Å². The van der Waals surface area contributed by atoms with E-state index in [-0.39, 0.29) is 0 Å². The molecule has 3 heterocycles. The summed E-state index contributed by atoms with van der Waals surface area (Å²) in [5.41, 5.74) is 11.9. The van der Waals surface area contributed by atoms with Crippen LogP contribution in [0.1, 0.15) is 0 Å². The van der Waals surface area contributed by atoms with Crippen LogP contribution in [-0.2, 0) is 0 Å². The maximum atomic E-state index is 6.31. The zero-order valence-corrected chi connectivity index (χ0v) is 26.4. The Morgan fingerprint density at radius 3 is 1.57 bits per heavy atom. The molecule has 5 heteroatoms. The van der Waals surface area contributed by atoms with Gasteiger partial charge < -0.3 is 4.42 Å². The molecule has 0 aliphatic heterocycles. The first kappa shape index (κ1) is 28.5. The van der Waals surface area contributed by atoms with E-state index in [2.05, 4.69) is 78.9 Å². The van der Waals surface area contributed by atoms with Gasteiger partial charge in [-0.15, -0.1) is 0 Å². The highest BCUT2D eigenvalue weighted by Crippen LogP contribution is 2.36. The monoisotopic (exact) mass is 628 g/mol. The third-order valence-corrected chi connectivity index (χ3v) is 8.71. The second-order valence-corrected chi connectivity index (χ2v) is 11.9. The van der Waals surface area contributed by atoms with Crippen molar-refractivity contribution in [3.05, 3.63) is 170 Å². The Bertz CT molecular complexity index is 2540. The number of furan rings is 1. The molecule has 0 fully saturated rings. The van der Waals surface area contributed by atoms with Gasteiger partial charge in [-0.3, -0.25) is 0 Å². The Morgan fingerprint density at radius 2 is 0.857 bits per heavy atom. The normalized spacial score (nSPS) is 11.3. The van der Waals surface area contributed by atoms with Crippen molar-refractivity contribution in [1.29, 1.82) is 0 Å². The van der Waals surface area contributed by atoms with Gasteiger partial charge in [0, 0.05) is 33.2 Å². The van der Waals surface area contributed by atoms with Gasteiger partial charge in [-0.2, -0.15) is 0 Å². The molecular formula is C44H28N4O. The van der Waals surface area contributed by atoms with Crippen molar-refractivity contribution in [1.82, 2.24) is 19.9 Å². The number of rotatable bonds is 6. The van der Waals surface area contributed by atoms with Crippen LogP contribution in [0.5, 0.6) is 0 Å². The Hall–Kier alpha value is -6.72. The molecule has 0 N–H and O–H groups in total. The predicted molar refractivity (Wildman–Crippen MR) is 198 cm³/mol. The summed E-state index contributed by atoms with van der Waals surface area (Å²) in [7, 11) is 0. The standard InChI is InChI=1S/C44H28N4O/c1-4-14-29(15-5-1)37-28-38(46-43(45-37)31-18-8-3-9-19-31)34-22-12-20-32(26-34)33-21-13-23-35(27-33)44-47-40(30-16-6-2-7-17-30)42-41(48-44)36-24-10-11-25-39(36)49-42/h1-28H. The third-order valence-electron chi connectivity index (χ3n) is 8.71. The number of nitrogens with zero attached hydrogens (tertiary/aromatic N) is 4. The molecule has 5 nitrogen and oxygen atoms in total. The molecule has 0 bridgehead atoms. The Morgan fingerprint density at radius 1 is 0.347 bits per heavy atom. The van der Waals surface area contributed by atoms with E-state index >= 15 is 0 Å². The molecule has 3 aromatic heterocycles. The van der Waals surface area contributed by atoms with E-state index in [1.807, 2.05) is 91.0 Å². The number of para-hydroxylation sites is 1. The summed E-state index contributed by atoms with van der Waals surface area (Å²) >= 11 is 0. The molecule has 230 valence electrons. The van der Waals surface area contributed by atoms with Crippen molar-refractivity contribution < 1.29 is 4.42 Å². The quantitative estimate of drug-likeness (QED) is 0.183. The first-order chi connectivity index (χ1) is 24.3. The maximum absolute atomic E-state index is 6.31. The summed E-state index contributed by atoms with van der Waals surface area (Å²) in [4.78, 5) is 20.2. The van der Waals surface area contributed by atoms with Gasteiger partial charge in [0.1, 0.15) is 16.8 Å². The second-order valence-electron chi connectivity index (χ2n) is 11.9. The Kier molecular flexibility index (Phi) is 7.06. The van der Waals surface area contributed by atoms with Gasteiger partial charge in [0.05, 0.1) is 11.4 Å². The lowest BCUT2D eigenvalue weighted by molar-refractivity contribution is 0.667. The summed E-state index contributed by atoms with van der Waals surface area (Å²) in [6.07, 6.45) is 0. The molecular weight excluding hydrogens is 601 g/mol. The summed E-state index contributed by atoms with van der Waals surface area (Å²) in [6, 6.07) is 57.5. The fourth-order valence-corrected chi connectivity index (χ4v) is 6.28. The third kappa shape index (κ3) is 5.43. The Balaban J connectivity index is 1.15. The van der Waals surface area contributed by atoms with Crippen LogP contribution in [0.2, 0.25) is 0 Å². The van der Waals surface area contributed by atoms with Crippen molar-refractivity contribution in [2.45, 2.75) is 0 Å². The molecule has 0 unspecified atom stereocenters. The molecule has 0 radical (unpaired) electrons. The number of aromatic nitrogens is 4. The van der Waals surface area contributed by atoms with Gasteiger partial charge in [0.2, 0.25) is 0 Å². The number of benzene rings is 6. The smallest absolute Gasteiger partial charge is 0.180 e. The molecule has 0 aliphatic carbocycles. The van der Waals surface area contributed by atoms with E-state index in [0.29, 0.717) is 17.2 Å². The molecule has 0 spiro atoms. The van der Waals surface area contributed by atoms with E-state index in [1.54, 1.807) is 0 Å². The Labute approximate surface area is 283 Å². The molecule has 9 aromatic rings. The van der Waals surface area contributed by atoms with Crippen molar-refractivity contribution in [3.63, 3.8) is 0 Å². The lowest BCUT2D eigenvalue weighted by Gasteiger charge is -2.11. The predicted octanol–water partition coefficient (Wildman–Crippen LogP) is 11.2. The maximum Gasteiger partial charge on any atom is 0.180 e. The van der Waals surface area contributed by atoms with Crippen molar-refractivity contribution in [3.8, 4) is 67.7 Å². The average molecular weight is 629 g/mol. The average Bonchev–Trinajstić information content (AvgIpc) is 3.57. The van der Waals surface area contributed by atoms with Gasteiger partial charge in [0.15, 0.2) is 17.2 Å². The van der Waals surface area contributed by atoms with Gasteiger partial charge in [-0.25, -0.2) is 19.9 Å². The highest BCUT2D eigenvalue weighted by Gasteiger charge is 2.18. The van der Waals surface area contributed by atoms with Crippen LogP contribution in [0.4, 0.5) is 0 Å². The highest BCUT2D eigenvalue weighted by molar-refractivity contribution is 6.07. The number of fused-ring (bicyclic) bond motifs is 3. The SMILES string of the molecule is c1ccc(-c2cc(-c3cccc(-c4cccc(-c5nc(-c6ccccc6)c6oc7ccccc7c6n5)c4)c3)nc(-c3ccccc3)n2)cc1. The van der Waals surface area contributed by atoms with E-state index in [1.165, 1.54) is 0 Å². The van der Waals surface area contributed by atoms with E-state index < -0.39 is 0 Å². The van der Waals surface area contributed by atoms with Crippen LogP contribution in [0.3, 0.4) is 0 Å². The summed E-state index contributed by atoms with van der Waals surface area (Å²) in [6.45, 7) is 0. The first-order valence-electron chi connectivity index (χ1n) is 16.2. The fraction of sp³-hybridized carbons (Fsp3) is 0. The summed E-state index contributed by atoms with van der Waals surface area (Å²) in [5, 5.41) is 0.969. The van der Waals surface area contributed by atoms with Crippen LogP contribution >= 0.6 is 0 Å². The van der Waals surface area contributed by atoms with Crippen LogP contribution < -0.4 is 0 Å². The largest absolute Gasteiger partial charge is 0.452 e. The molecule has 0 saturated heterocycles. The van der Waals surface area contributed by atoms with Crippen LogP contribution in [0.15, 0.2) is 174 Å². The molecule has 0 saturated carbocycles. The lowest BCUT2D eigenvalue weighted by atomic mass is 9.99. The van der Waals surface area contributed by atoms with Crippen LogP contribution in [0, 0.1) is 0 Å². The van der Waals surface area contributed by atoms with Gasteiger partial charge in [0.25, 0.3) is 0 Å². The molecule has 49 heavy (non-hydrogen) atoms. The lowest BCUT2D eigenvalue weighted by Crippen LogP contribution is -1.96. The van der Waals surface area contributed by atoms with Crippen LogP contribution in [-0.4, -0.2) is 19.9 Å². The minimum Gasteiger partial charge on any atom is -0.452 e. The van der Waals surface area contributed by atoms with Crippen molar-refractivity contribution in [2.75, 3.05) is 0 Å². The fourth-order valence-electron chi connectivity index (χ4n) is 6.28. The van der Waals surface area contributed by atoms with E-state index in [9.17, 15) is 0 Å². The summed E-state index contributed by atoms with van der Waals surface area (Å²) < 4.78 is 6.31. The zero-order valence-electron chi connectivity index (χ0n) is 26.4. The number of hydrogen-bond acceptors (Lipinski definition) is 5. The first-order valence-corrected chi connectivity index (χ1v) is 16.2. The highest BCUT2D eigenvalue weighted by atomic mass is 16.3. The topological polar surface area (TPSA) is 64.7 Å². The van der Waals surface area contributed by atoms with Gasteiger partial charge in [-0.05, 0) is 41.5 Å². The van der Waals surface area contributed by atoms with E-state index in [0.717, 1.165) is 72.5 Å². The van der Waals surface area contributed by atoms with Crippen molar-refractivity contribution >= 4 is 22.1 Å². The summed E-state index contributed by atoms with van der Waals surface area (Å²) in [5.74, 6) is 1.34. The van der Waals surface area contributed by atoms with Gasteiger partial charge in [-0.1, -0.05) is 140 Å². The molecule has 0 atom stereocenters. The van der Waals surface area contributed by atoms with Gasteiger partial charge >= 0.3 is 0 Å². The van der Waals surface area contributed by atoms with Crippen LogP contribution in [0.25, 0.3) is 89.7 Å². The molecule has 9 rings (SSSR count). The zero-order chi connectivity index (χ0) is 32.6. The molecule has 0 amide bonds.